The highest BCUT2D eigenvalue weighted by Crippen LogP contribution is 2.28. The number of aromatic nitrogens is 6. The maximum Gasteiger partial charge on any atom is 0.253 e. The highest BCUT2D eigenvalue weighted by atomic mass is 16.5. The van der Waals surface area contributed by atoms with Crippen LogP contribution in [0.3, 0.4) is 0 Å². The third kappa shape index (κ3) is 4.81. The third-order valence-electron chi connectivity index (χ3n) is 7.61. The molecule has 0 spiro atoms. The molecule has 1 aromatic carbocycles. The fraction of sp³-hybridized carbons (Fsp3) is 0.464. The zero-order valence-electron chi connectivity index (χ0n) is 22.5. The molecule has 0 unspecified atom stereocenters. The number of fused-ring (bicyclic) bond motifs is 1. The van der Waals surface area contributed by atoms with Crippen LogP contribution in [0.5, 0.6) is 5.75 Å². The predicted octanol–water partition coefficient (Wildman–Crippen LogP) is 3.56. The first-order chi connectivity index (χ1) is 18.5. The first kappa shape index (κ1) is 24.7. The summed E-state index contributed by atoms with van der Waals surface area (Å²) in [7, 11) is 0. The van der Waals surface area contributed by atoms with Crippen molar-refractivity contribution >= 4 is 11.6 Å². The van der Waals surface area contributed by atoms with Gasteiger partial charge in [-0.2, -0.15) is 9.50 Å². The lowest BCUT2D eigenvalue weighted by Gasteiger charge is -2.32. The Labute approximate surface area is 222 Å². The smallest absolute Gasteiger partial charge is 0.253 e. The zero-order chi connectivity index (χ0) is 26.2. The summed E-state index contributed by atoms with van der Waals surface area (Å²) in [6, 6.07) is 9.05. The second kappa shape index (κ2) is 10.3. The molecule has 10 nitrogen and oxygen atoms in total. The lowest BCUT2D eigenvalue weighted by atomic mass is 10.0. The number of ether oxygens (including phenoxy) is 2. The van der Waals surface area contributed by atoms with Crippen molar-refractivity contribution in [1.82, 2.24) is 34.4 Å². The molecule has 5 heterocycles. The standard InChI is InChI=1S/C28H34N8O2/c1-18-27(20(3)36-28(31-18)32-21(4)33-36)38-24-9-10-35(17-24)26-16-29-25(15-30-26)23-7-5-22(6-8-23)19(2)34-11-13-37-14-12-34/h5-8,15-16,19,24H,9-14,17H2,1-4H3/t19-,24+/m0/s1. The molecule has 6 rings (SSSR count). The molecule has 198 valence electrons. The van der Waals surface area contributed by atoms with Crippen LogP contribution in [0.15, 0.2) is 36.7 Å². The van der Waals surface area contributed by atoms with Crippen LogP contribution in [-0.4, -0.2) is 79.9 Å². The number of nitrogens with zero attached hydrogens (tertiary/aromatic N) is 8. The summed E-state index contributed by atoms with van der Waals surface area (Å²) in [4.78, 5) is 23.1. The molecule has 0 N–H and O–H groups in total. The van der Waals surface area contributed by atoms with Crippen molar-refractivity contribution in [1.29, 1.82) is 0 Å². The van der Waals surface area contributed by atoms with Crippen molar-refractivity contribution in [3.63, 3.8) is 0 Å². The molecule has 0 aliphatic carbocycles. The van der Waals surface area contributed by atoms with Crippen molar-refractivity contribution < 1.29 is 9.47 Å². The molecule has 2 fully saturated rings. The third-order valence-corrected chi connectivity index (χ3v) is 7.61. The molecule has 2 atom stereocenters. The lowest BCUT2D eigenvalue weighted by Crippen LogP contribution is -2.37. The van der Waals surface area contributed by atoms with E-state index in [9.17, 15) is 0 Å². The van der Waals surface area contributed by atoms with Gasteiger partial charge in [0.1, 0.15) is 17.7 Å². The van der Waals surface area contributed by atoms with Gasteiger partial charge in [-0.1, -0.05) is 24.3 Å². The fourth-order valence-electron chi connectivity index (χ4n) is 5.37. The van der Waals surface area contributed by atoms with Gasteiger partial charge in [-0.25, -0.2) is 9.97 Å². The van der Waals surface area contributed by atoms with E-state index in [1.807, 2.05) is 33.2 Å². The highest BCUT2D eigenvalue weighted by Gasteiger charge is 2.27. The van der Waals surface area contributed by atoms with E-state index in [0.717, 1.165) is 80.0 Å². The minimum atomic E-state index is 0.0405. The average molecular weight is 515 g/mol. The molecule has 4 aromatic rings. The summed E-state index contributed by atoms with van der Waals surface area (Å²) in [5, 5.41) is 4.45. The van der Waals surface area contributed by atoms with Crippen LogP contribution in [0.2, 0.25) is 0 Å². The normalized spacial score (nSPS) is 19.3. The van der Waals surface area contributed by atoms with Gasteiger partial charge in [-0.15, -0.1) is 5.10 Å². The van der Waals surface area contributed by atoms with Gasteiger partial charge in [-0.3, -0.25) is 9.88 Å². The summed E-state index contributed by atoms with van der Waals surface area (Å²) in [6.07, 6.45) is 4.67. The largest absolute Gasteiger partial charge is 0.485 e. The second-order valence-electron chi connectivity index (χ2n) is 10.2. The van der Waals surface area contributed by atoms with E-state index in [2.05, 4.69) is 56.1 Å². The topological polar surface area (TPSA) is 93.8 Å². The van der Waals surface area contributed by atoms with Crippen molar-refractivity contribution in [2.75, 3.05) is 44.3 Å². The molecule has 3 aromatic heterocycles. The molecule has 10 heteroatoms. The first-order valence-electron chi connectivity index (χ1n) is 13.3. The minimum Gasteiger partial charge on any atom is -0.485 e. The second-order valence-corrected chi connectivity index (χ2v) is 10.2. The molecule has 2 saturated heterocycles. The Morgan fingerprint density at radius 1 is 0.974 bits per heavy atom. The molecule has 2 aliphatic heterocycles. The van der Waals surface area contributed by atoms with Gasteiger partial charge in [-0.05, 0) is 33.3 Å². The molecule has 0 radical (unpaired) electrons. The van der Waals surface area contributed by atoms with Crippen LogP contribution in [0.4, 0.5) is 5.82 Å². The summed E-state index contributed by atoms with van der Waals surface area (Å²) in [6.45, 7) is 13.3. The Bertz CT molecular complexity index is 1410. The number of hydrogen-bond acceptors (Lipinski definition) is 9. The van der Waals surface area contributed by atoms with E-state index in [1.54, 1.807) is 4.52 Å². The quantitative estimate of drug-likeness (QED) is 0.383. The molecule has 0 saturated carbocycles. The van der Waals surface area contributed by atoms with Gasteiger partial charge in [0.25, 0.3) is 5.78 Å². The van der Waals surface area contributed by atoms with Crippen LogP contribution in [0, 0.1) is 20.8 Å². The zero-order valence-corrected chi connectivity index (χ0v) is 22.5. The molecule has 38 heavy (non-hydrogen) atoms. The van der Waals surface area contributed by atoms with Gasteiger partial charge in [0.15, 0.2) is 5.75 Å². The van der Waals surface area contributed by atoms with Gasteiger partial charge in [0, 0.05) is 37.7 Å². The Kier molecular flexibility index (Phi) is 6.67. The Morgan fingerprint density at radius 3 is 2.50 bits per heavy atom. The van der Waals surface area contributed by atoms with E-state index < -0.39 is 0 Å². The number of anilines is 1. The van der Waals surface area contributed by atoms with Gasteiger partial charge in [0.05, 0.1) is 49.2 Å². The maximum absolute atomic E-state index is 6.42. The van der Waals surface area contributed by atoms with E-state index in [1.165, 1.54) is 5.56 Å². The van der Waals surface area contributed by atoms with E-state index in [-0.39, 0.29) is 6.10 Å². The molecule has 2 aliphatic rings. The van der Waals surface area contributed by atoms with E-state index >= 15 is 0 Å². The minimum absolute atomic E-state index is 0.0405. The molecule has 0 bridgehead atoms. The fourth-order valence-corrected chi connectivity index (χ4v) is 5.37. The van der Waals surface area contributed by atoms with Crippen molar-refractivity contribution in [3.05, 3.63) is 59.4 Å². The number of rotatable bonds is 6. The Hall–Kier alpha value is -3.63. The molecular formula is C28H34N8O2. The summed E-state index contributed by atoms with van der Waals surface area (Å²) in [5.74, 6) is 2.95. The van der Waals surface area contributed by atoms with Crippen LogP contribution in [-0.2, 0) is 4.74 Å². The van der Waals surface area contributed by atoms with Crippen molar-refractivity contribution in [2.24, 2.45) is 0 Å². The number of morpholine rings is 1. The number of aryl methyl sites for hydroxylation is 3. The maximum atomic E-state index is 6.42. The van der Waals surface area contributed by atoms with E-state index in [0.29, 0.717) is 17.6 Å². The van der Waals surface area contributed by atoms with Crippen LogP contribution in [0.1, 0.15) is 42.2 Å². The summed E-state index contributed by atoms with van der Waals surface area (Å²) < 4.78 is 13.7. The Balaban J connectivity index is 1.10. The van der Waals surface area contributed by atoms with E-state index in [4.69, 9.17) is 19.4 Å². The first-order valence-corrected chi connectivity index (χ1v) is 13.3. The summed E-state index contributed by atoms with van der Waals surface area (Å²) >= 11 is 0. The highest BCUT2D eigenvalue weighted by molar-refractivity contribution is 5.59. The summed E-state index contributed by atoms with van der Waals surface area (Å²) in [5.41, 5.74) is 5.00. The van der Waals surface area contributed by atoms with Gasteiger partial charge < -0.3 is 14.4 Å². The van der Waals surface area contributed by atoms with Crippen LogP contribution >= 0.6 is 0 Å². The van der Waals surface area contributed by atoms with Crippen LogP contribution in [0.25, 0.3) is 17.0 Å². The van der Waals surface area contributed by atoms with Crippen molar-refractivity contribution in [3.8, 4) is 17.0 Å². The average Bonchev–Trinajstić information content (AvgIpc) is 3.57. The SMILES string of the molecule is Cc1nc2nc(C)c(O[C@@H]3CCN(c4cnc(-c5ccc([C@H](C)N6CCOCC6)cc5)cn4)C3)c(C)n2n1. The van der Waals surface area contributed by atoms with Gasteiger partial charge in [0.2, 0.25) is 0 Å². The number of hydrogen-bond donors (Lipinski definition) is 0. The number of benzene rings is 1. The molecular weight excluding hydrogens is 480 g/mol. The predicted molar refractivity (Wildman–Crippen MR) is 145 cm³/mol. The Morgan fingerprint density at radius 2 is 1.76 bits per heavy atom. The van der Waals surface area contributed by atoms with Gasteiger partial charge >= 0.3 is 0 Å². The van der Waals surface area contributed by atoms with Crippen molar-refractivity contribution in [2.45, 2.75) is 46.3 Å². The van der Waals surface area contributed by atoms with Crippen LogP contribution < -0.4 is 9.64 Å². The molecule has 0 amide bonds. The lowest BCUT2D eigenvalue weighted by molar-refractivity contribution is 0.0198. The monoisotopic (exact) mass is 514 g/mol.